The van der Waals surface area contributed by atoms with Gasteiger partial charge < -0.3 is 19.9 Å². The number of aromatic nitrogens is 4. The fraction of sp³-hybridized carbons (Fsp3) is 0.414. The molecule has 2 aliphatic heterocycles. The molecule has 2 atom stereocenters. The van der Waals surface area contributed by atoms with Gasteiger partial charge in [-0.25, -0.2) is 4.98 Å². The third kappa shape index (κ3) is 5.58. The van der Waals surface area contributed by atoms with Crippen LogP contribution in [0.2, 0.25) is 5.02 Å². The Balaban J connectivity index is 1.59. The van der Waals surface area contributed by atoms with Gasteiger partial charge in [-0.05, 0) is 44.0 Å². The van der Waals surface area contributed by atoms with Crippen molar-refractivity contribution < 1.29 is 17.9 Å². The first-order valence-corrected chi connectivity index (χ1v) is 14.3. The van der Waals surface area contributed by atoms with E-state index in [-0.39, 0.29) is 70.6 Å². The van der Waals surface area contributed by atoms with E-state index in [2.05, 4.69) is 31.2 Å². The molecule has 14 heteroatoms. The summed E-state index contributed by atoms with van der Waals surface area (Å²) in [6, 6.07) is 11.4. The average molecular weight is 613 g/mol. The van der Waals surface area contributed by atoms with E-state index in [0.29, 0.717) is 23.0 Å². The number of likely N-dealkylation sites (N-methyl/N-ethyl adjacent to an activating group) is 1. The number of nitriles is 1. The van der Waals surface area contributed by atoms with E-state index in [1.54, 1.807) is 35.2 Å². The van der Waals surface area contributed by atoms with Gasteiger partial charge in [0.1, 0.15) is 12.1 Å². The molecule has 2 aliphatic rings. The molecule has 224 valence electrons. The van der Waals surface area contributed by atoms with Crippen molar-refractivity contribution in [2.45, 2.75) is 37.5 Å². The van der Waals surface area contributed by atoms with Gasteiger partial charge in [-0.3, -0.25) is 9.36 Å². The van der Waals surface area contributed by atoms with Crippen molar-refractivity contribution in [1.82, 2.24) is 29.7 Å². The Bertz CT molecular complexity index is 1790. The molecule has 2 fully saturated rings. The Hall–Kier alpha value is -3.99. The largest absolute Gasteiger partial charge is 0.462 e. The van der Waals surface area contributed by atoms with E-state index in [1.807, 2.05) is 7.05 Å². The minimum absolute atomic E-state index is 0.0509. The molecule has 43 heavy (non-hydrogen) atoms. The van der Waals surface area contributed by atoms with E-state index >= 15 is 0 Å². The van der Waals surface area contributed by atoms with Crippen LogP contribution in [0.5, 0.6) is 6.01 Å². The molecule has 2 aromatic carbocycles. The summed E-state index contributed by atoms with van der Waals surface area (Å²) in [6.07, 6.45) is -2.90. The maximum atomic E-state index is 14.7. The van der Waals surface area contributed by atoms with Crippen molar-refractivity contribution in [2.75, 3.05) is 44.7 Å². The van der Waals surface area contributed by atoms with Crippen LogP contribution >= 0.6 is 11.6 Å². The highest BCUT2D eigenvalue weighted by molar-refractivity contribution is 6.36. The summed E-state index contributed by atoms with van der Waals surface area (Å²) >= 11 is 6.45. The lowest BCUT2D eigenvalue weighted by molar-refractivity contribution is -0.146. The number of benzene rings is 2. The molecule has 2 aromatic heterocycles. The third-order valence-electron chi connectivity index (χ3n) is 7.98. The van der Waals surface area contributed by atoms with Gasteiger partial charge in [-0.2, -0.15) is 28.4 Å². The second kappa shape index (κ2) is 11.6. The fourth-order valence-electron chi connectivity index (χ4n) is 5.82. The Kier molecular flexibility index (Phi) is 7.85. The Morgan fingerprint density at radius 1 is 1.14 bits per heavy atom. The van der Waals surface area contributed by atoms with Gasteiger partial charge in [-0.1, -0.05) is 35.9 Å². The summed E-state index contributed by atoms with van der Waals surface area (Å²) in [4.78, 5) is 30.9. The molecule has 0 aliphatic carbocycles. The summed E-state index contributed by atoms with van der Waals surface area (Å²) in [6.45, 7) is 2.26. The SMILES string of the molecule is CN1CCCC1COc1nc(N2CCNC(CC#N)C2)c2nc(C(F)(F)F)n(-c3cccc4cccc(Cl)c34)c(=O)c2n1. The lowest BCUT2D eigenvalue weighted by Crippen LogP contribution is -2.51. The van der Waals surface area contributed by atoms with Gasteiger partial charge in [-0.15, -0.1) is 0 Å². The highest BCUT2D eigenvalue weighted by Crippen LogP contribution is 2.35. The molecule has 2 unspecified atom stereocenters. The van der Waals surface area contributed by atoms with Gasteiger partial charge >= 0.3 is 12.2 Å². The van der Waals surface area contributed by atoms with Crippen molar-refractivity contribution in [2.24, 2.45) is 0 Å². The molecule has 0 spiro atoms. The summed E-state index contributed by atoms with van der Waals surface area (Å²) in [5.41, 5.74) is -1.70. The zero-order valence-electron chi connectivity index (χ0n) is 23.2. The van der Waals surface area contributed by atoms with Crippen LogP contribution in [-0.2, 0) is 6.18 Å². The van der Waals surface area contributed by atoms with Crippen molar-refractivity contribution in [3.63, 3.8) is 0 Å². The standard InChI is InChI=1S/C29H28ClF3N8O2/c1-39-13-4-7-19(39)16-43-28-37-24-23(25(38-28)40-14-12-35-18(15-40)10-11-34)36-27(29(31,32)33)41(26(24)42)21-9-3-6-17-5-2-8-20(30)22(17)21/h2-3,5-6,8-9,18-19,35H,4,7,10,12-16H2,1H3. The monoisotopic (exact) mass is 612 g/mol. The molecule has 2 saturated heterocycles. The lowest BCUT2D eigenvalue weighted by atomic mass is 10.1. The fourth-order valence-corrected chi connectivity index (χ4v) is 6.10. The second-order valence-corrected chi connectivity index (χ2v) is 11.2. The van der Waals surface area contributed by atoms with Gasteiger partial charge in [0.05, 0.1) is 23.2 Å². The average Bonchev–Trinajstić information content (AvgIpc) is 3.40. The number of hydrogen-bond donors (Lipinski definition) is 1. The number of anilines is 1. The van der Waals surface area contributed by atoms with E-state index in [1.165, 1.54) is 6.07 Å². The molecule has 6 rings (SSSR count). The van der Waals surface area contributed by atoms with E-state index in [9.17, 15) is 23.2 Å². The van der Waals surface area contributed by atoms with Crippen LogP contribution in [0.3, 0.4) is 0 Å². The van der Waals surface area contributed by atoms with Crippen molar-refractivity contribution in [3.8, 4) is 17.8 Å². The number of halogens is 4. The predicted octanol–water partition coefficient (Wildman–Crippen LogP) is 4.17. The highest BCUT2D eigenvalue weighted by atomic mass is 35.5. The number of fused-ring (bicyclic) bond motifs is 2. The Labute approximate surface area is 249 Å². The normalized spacial score (nSPS) is 19.7. The van der Waals surface area contributed by atoms with Crippen LogP contribution in [0.15, 0.2) is 41.2 Å². The summed E-state index contributed by atoms with van der Waals surface area (Å²) in [5, 5.41) is 13.5. The Morgan fingerprint density at radius 2 is 1.93 bits per heavy atom. The first-order valence-electron chi connectivity index (χ1n) is 13.9. The third-order valence-corrected chi connectivity index (χ3v) is 8.29. The highest BCUT2D eigenvalue weighted by Gasteiger charge is 2.39. The predicted molar refractivity (Wildman–Crippen MR) is 156 cm³/mol. The first kappa shape index (κ1) is 29.1. The molecule has 0 bridgehead atoms. The van der Waals surface area contributed by atoms with Crippen LogP contribution < -0.4 is 20.5 Å². The molecule has 1 N–H and O–H groups in total. The van der Waals surface area contributed by atoms with Crippen LogP contribution in [-0.4, -0.2) is 76.3 Å². The number of hydrogen-bond acceptors (Lipinski definition) is 9. The number of piperazine rings is 1. The number of nitrogens with one attached hydrogen (secondary N) is 1. The molecule has 0 saturated carbocycles. The molecule has 10 nitrogen and oxygen atoms in total. The topological polar surface area (TPSA) is 112 Å². The van der Waals surface area contributed by atoms with Crippen LogP contribution in [0, 0.1) is 11.3 Å². The molecule has 4 heterocycles. The van der Waals surface area contributed by atoms with Crippen molar-refractivity contribution in [1.29, 1.82) is 5.26 Å². The smallest absolute Gasteiger partial charge is 0.450 e. The van der Waals surface area contributed by atoms with Crippen LogP contribution in [0.1, 0.15) is 25.1 Å². The number of alkyl halides is 3. The molecular weight excluding hydrogens is 585 g/mol. The zero-order valence-corrected chi connectivity index (χ0v) is 24.0. The molecule has 0 amide bonds. The molecule has 4 aromatic rings. The van der Waals surface area contributed by atoms with E-state index in [4.69, 9.17) is 16.3 Å². The lowest BCUT2D eigenvalue weighted by Gasteiger charge is -2.34. The van der Waals surface area contributed by atoms with Crippen molar-refractivity contribution in [3.05, 3.63) is 57.6 Å². The maximum absolute atomic E-state index is 14.7. The summed E-state index contributed by atoms with van der Waals surface area (Å²) in [7, 11) is 1.99. The number of rotatable bonds is 6. The van der Waals surface area contributed by atoms with Gasteiger partial charge in [0.25, 0.3) is 5.56 Å². The number of likely N-dealkylation sites (tertiary alicyclic amines) is 1. The van der Waals surface area contributed by atoms with Crippen LogP contribution in [0.25, 0.3) is 27.5 Å². The van der Waals surface area contributed by atoms with E-state index < -0.39 is 17.6 Å². The van der Waals surface area contributed by atoms with Gasteiger partial charge in [0, 0.05) is 37.1 Å². The molecular formula is C29H28ClF3N8O2. The molecule has 0 radical (unpaired) electrons. The maximum Gasteiger partial charge on any atom is 0.450 e. The quantitative estimate of drug-likeness (QED) is 0.343. The van der Waals surface area contributed by atoms with Crippen molar-refractivity contribution >= 4 is 39.2 Å². The first-order chi connectivity index (χ1) is 20.7. The second-order valence-electron chi connectivity index (χ2n) is 10.8. The number of nitrogens with zero attached hydrogens (tertiary/aromatic N) is 7. The van der Waals surface area contributed by atoms with Crippen LogP contribution in [0.4, 0.5) is 19.0 Å². The van der Waals surface area contributed by atoms with Gasteiger partial charge in [0.15, 0.2) is 11.3 Å². The van der Waals surface area contributed by atoms with Gasteiger partial charge in [0.2, 0.25) is 5.82 Å². The summed E-state index contributed by atoms with van der Waals surface area (Å²) < 4.78 is 50.6. The van der Waals surface area contributed by atoms with E-state index in [0.717, 1.165) is 19.4 Å². The Morgan fingerprint density at radius 3 is 2.65 bits per heavy atom. The minimum Gasteiger partial charge on any atom is -0.462 e. The summed E-state index contributed by atoms with van der Waals surface area (Å²) in [5.74, 6) is -1.37. The number of ether oxygens (including phenoxy) is 1. The minimum atomic E-state index is -5.01. The zero-order chi connectivity index (χ0) is 30.3.